The first kappa shape index (κ1) is 16.6. The van der Waals surface area contributed by atoms with Crippen molar-refractivity contribution in [3.63, 3.8) is 0 Å². The summed E-state index contributed by atoms with van der Waals surface area (Å²) in [6.07, 6.45) is -0.531. The van der Waals surface area contributed by atoms with Gasteiger partial charge < -0.3 is 4.74 Å². The molecular weight excluding hydrogens is 346 g/mol. The maximum absolute atomic E-state index is 13.1. The van der Waals surface area contributed by atoms with E-state index in [9.17, 15) is 4.79 Å². The van der Waals surface area contributed by atoms with Gasteiger partial charge in [-0.2, -0.15) is 0 Å². The fourth-order valence-corrected chi connectivity index (χ4v) is 3.81. The first-order valence-corrected chi connectivity index (χ1v) is 9.40. The summed E-state index contributed by atoms with van der Waals surface area (Å²) in [6.45, 7) is 0. The number of fused-ring (bicyclic) bond motifs is 1. The number of β-lactam (4-membered cyclic amide) rings is 1. The molecule has 0 saturated carbocycles. The summed E-state index contributed by atoms with van der Waals surface area (Å²) in [5, 5.41) is 2.28. The number of amides is 1. The standard InChI is InChI=1S/C25H19NO2/c27-25-24(28-22-13-5-2-6-14-22)23(19-10-3-1-4-11-19)26(25)21-16-15-18-9-7-8-12-20(18)17-21/h1-17,23-24H/t23-,24-/m1/s1. The van der Waals surface area contributed by atoms with Crippen LogP contribution in [0.1, 0.15) is 11.6 Å². The van der Waals surface area contributed by atoms with Gasteiger partial charge in [0.25, 0.3) is 5.91 Å². The smallest absolute Gasteiger partial charge is 0.271 e. The molecule has 1 saturated heterocycles. The number of rotatable bonds is 4. The highest BCUT2D eigenvalue weighted by molar-refractivity contribution is 6.06. The highest BCUT2D eigenvalue weighted by Gasteiger charge is 2.51. The summed E-state index contributed by atoms with van der Waals surface area (Å²) in [4.78, 5) is 14.9. The Bertz CT molecular complexity index is 1120. The first-order valence-electron chi connectivity index (χ1n) is 9.40. The van der Waals surface area contributed by atoms with E-state index >= 15 is 0 Å². The summed E-state index contributed by atoms with van der Waals surface area (Å²) in [5.74, 6) is 0.688. The van der Waals surface area contributed by atoms with Gasteiger partial charge >= 0.3 is 0 Å². The SMILES string of the molecule is O=C1[C@H](Oc2ccccc2)[C@@H](c2ccccc2)N1c1ccc2ccccc2c1. The normalized spacial score (nSPS) is 18.7. The lowest BCUT2D eigenvalue weighted by Gasteiger charge is -2.46. The second kappa shape index (κ2) is 6.86. The van der Waals surface area contributed by atoms with Crippen LogP contribution in [-0.2, 0) is 4.79 Å². The number of benzene rings is 4. The van der Waals surface area contributed by atoms with Crippen LogP contribution in [-0.4, -0.2) is 12.0 Å². The molecule has 0 N–H and O–H groups in total. The Morgan fingerprint density at radius 1 is 0.679 bits per heavy atom. The third-order valence-corrected chi connectivity index (χ3v) is 5.20. The van der Waals surface area contributed by atoms with Crippen LogP contribution in [0.2, 0.25) is 0 Å². The number of para-hydroxylation sites is 1. The molecule has 0 spiro atoms. The van der Waals surface area contributed by atoms with E-state index in [-0.39, 0.29) is 11.9 Å². The molecule has 1 heterocycles. The van der Waals surface area contributed by atoms with Gasteiger partial charge in [-0.1, -0.05) is 78.9 Å². The molecular formula is C25H19NO2. The predicted octanol–water partition coefficient (Wildman–Crippen LogP) is 5.38. The molecule has 0 aromatic heterocycles. The minimum atomic E-state index is -0.531. The number of hydrogen-bond acceptors (Lipinski definition) is 2. The van der Waals surface area contributed by atoms with Crippen LogP contribution in [0.15, 0.2) is 103 Å². The molecule has 1 aliphatic heterocycles. The van der Waals surface area contributed by atoms with E-state index in [1.165, 1.54) is 0 Å². The van der Waals surface area contributed by atoms with Crippen LogP contribution in [0.5, 0.6) is 5.75 Å². The Kier molecular flexibility index (Phi) is 4.06. The van der Waals surface area contributed by atoms with Gasteiger partial charge in [0.05, 0.1) is 0 Å². The Morgan fingerprint density at radius 3 is 2.07 bits per heavy atom. The fourth-order valence-electron chi connectivity index (χ4n) is 3.81. The van der Waals surface area contributed by atoms with Crippen LogP contribution in [0.3, 0.4) is 0 Å². The van der Waals surface area contributed by atoms with Gasteiger partial charge in [0.2, 0.25) is 6.10 Å². The van der Waals surface area contributed by atoms with Gasteiger partial charge in [-0.05, 0) is 40.6 Å². The summed E-state index contributed by atoms with van der Waals surface area (Å²) in [5.41, 5.74) is 1.96. The summed E-state index contributed by atoms with van der Waals surface area (Å²) < 4.78 is 6.08. The molecule has 4 aromatic rings. The molecule has 3 heteroatoms. The fraction of sp³-hybridized carbons (Fsp3) is 0.0800. The number of carbonyl (C=O) groups is 1. The molecule has 1 amide bonds. The van der Waals surface area contributed by atoms with E-state index < -0.39 is 6.10 Å². The zero-order chi connectivity index (χ0) is 18.9. The monoisotopic (exact) mass is 365 g/mol. The number of hydrogen-bond donors (Lipinski definition) is 0. The van der Waals surface area contributed by atoms with E-state index in [1.54, 1.807) is 0 Å². The van der Waals surface area contributed by atoms with Gasteiger partial charge in [-0.3, -0.25) is 9.69 Å². The Hall–Kier alpha value is -3.59. The van der Waals surface area contributed by atoms with E-state index in [2.05, 4.69) is 24.3 Å². The lowest BCUT2D eigenvalue weighted by atomic mass is 9.89. The second-order valence-electron chi connectivity index (χ2n) is 6.95. The minimum absolute atomic E-state index is 0.0204. The lowest BCUT2D eigenvalue weighted by molar-refractivity contribution is -0.135. The van der Waals surface area contributed by atoms with Crippen LogP contribution in [0, 0.1) is 0 Å². The van der Waals surface area contributed by atoms with Crippen molar-refractivity contribution in [1.82, 2.24) is 0 Å². The third kappa shape index (κ3) is 2.81. The molecule has 0 bridgehead atoms. The molecule has 2 atom stereocenters. The number of carbonyl (C=O) groups excluding carboxylic acids is 1. The number of nitrogens with zero attached hydrogens (tertiary/aromatic N) is 1. The molecule has 3 nitrogen and oxygen atoms in total. The lowest BCUT2D eigenvalue weighted by Crippen LogP contribution is -2.61. The van der Waals surface area contributed by atoms with E-state index in [0.29, 0.717) is 5.75 Å². The molecule has 136 valence electrons. The maximum Gasteiger partial charge on any atom is 0.271 e. The molecule has 0 unspecified atom stereocenters. The maximum atomic E-state index is 13.1. The predicted molar refractivity (Wildman–Crippen MR) is 111 cm³/mol. The number of anilines is 1. The zero-order valence-electron chi connectivity index (χ0n) is 15.2. The van der Waals surface area contributed by atoms with E-state index in [4.69, 9.17) is 4.74 Å². The quantitative estimate of drug-likeness (QED) is 0.455. The molecule has 1 fully saturated rings. The second-order valence-corrected chi connectivity index (χ2v) is 6.95. The van der Waals surface area contributed by atoms with Crippen molar-refractivity contribution >= 4 is 22.4 Å². The average Bonchev–Trinajstić information content (AvgIpc) is 2.76. The highest BCUT2D eigenvalue weighted by Crippen LogP contribution is 2.41. The van der Waals surface area contributed by atoms with Crippen LogP contribution in [0.25, 0.3) is 10.8 Å². The molecule has 4 aromatic carbocycles. The Balaban J connectivity index is 1.53. The molecule has 5 rings (SSSR count). The van der Waals surface area contributed by atoms with Crippen molar-refractivity contribution in [2.24, 2.45) is 0 Å². The van der Waals surface area contributed by atoms with Gasteiger partial charge in [0, 0.05) is 5.69 Å². The summed E-state index contributed by atoms with van der Waals surface area (Å²) >= 11 is 0. The summed E-state index contributed by atoms with van der Waals surface area (Å²) in [6, 6.07) is 33.8. The van der Waals surface area contributed by atoms with Crippen molar-refractivity contribution < 1.29 is 9.53 Å². The zero-order valence-corrected chi connectivity index (χ0v) is 15.2. The van der Waals surface area contributed by atoms with Crippen molar-refractivity contribution in [1.29, 1.82) is 0 Å². The largest absolute Gasteiger partial charge is 0.478 e. The molecule has 0 radical (unpaired) electrons. The van der Waals surface area contributed by atoms with Crippen LogP contribution in [0.4, 0.5) is 5.69 Å². The first-order chi connectivity index (χ1) is 13.8. The van der Waals surface area contributed by atoms with Crippen LogP contribution < -0.4 is 9.64 Å². The van der Waals surface area contributed by atoms with Crippen molar-refractivity contribution in [3.8, 4) is 5.75 Å². The van der Waals surface area contributed by atoms with Gasteiger partial charge in [-0.15, -0.1) is 0 Å². The van der Waals surface area contributed by atoms with Gasteiger partial charge in [-0.25, -0.2) is 0 Å². The van der Waals surface area contributed by atoms with E-state index in [1.807, 2.05) is 83.8 Å². The van der Waals surface area contributed by atoms with Crippen molar-refractivity contribution in [2.75, 3.05) is 4.90 Å². The van der Waals surface area contributed by atoms with Gasteiger partial charge in [0.1, 0.15) is 11.8 Å². The topological polar surface area (TPSA) is 29.5 Å². The van der Waals surface area contributed by atoms with Crippen LogP contribution >= 0.6 is 0 Å². The highest BCUT2D eigenvalue weighted by atomic mass is 16.5. The minimum Gasteiger partial charge on any atom is -0.478 e. The Labute approximate surface area is 163 Å². The van der Waals surface area contributed by atoms with E-state index in [0.717, 1.165) is 22.0 Å². The number of ether oxygens (including phenoxy) is 1. The molecule has 0 aliphatic carbocycles. The average molecular weight is 365 g/mol. The molecule has 28 heavy (non-hydrogen) atoms. The summed E-state index contributed by atoms with van der Waals surface area (Å²) in [7, 11) is 0. The third-order valence-electron chi connectivity index (χ3n) is 5.20. The van der Waals surface area contributed by atoms with Crippen molar-refractivity contribution in [3.05, 3.63) is 109 Å². The Morgan fingerprint density at radius 2 is 1.32 bits per heavy atom. The molecule has 1 aliphatic rings. The van der Waals surface area contributed by atoms with Crippen molar-refractivity contribution in [2.45, 2.75) is 12.1 Å². The van der Waals surface area contributed by atoms with Gasteiger partial charge in [0.15, 0.2) is 0 Å².